The number of nitrogens with one attached hydrogen (secondary N) is 1. The quantitative estimate of drug-likeness (QED) is 0.922. The molecule has 0 bridgehead atoms. The van der Waals surface area contributed by atoms with Crippen LogP contribution in [0.25, 0.3) is 0 Å². The van der Waals surface area contributed by atoms with Gasteiger partial charge in [-0.25, -0.2) is 0 Å². The summed E-state index contributed by atoms with van der Waals surface area (Å²) >= 11 is 0. The first-order valence-corrected chi connectivity index (χ1v) is 8.40. The monoisotopic (exact) mass is 308 g/mol. The topological polar surface area (TPSA) is 32.3 Å². The maximum atomic E-state index is 12.3. The van der Waals surface area contributed by atoms with E-state index < -0.39 is 0 Å². The van der Waals surface area contributed by atoms with E-state index in [1.54, 1.807) is 0 Å². The second-order valence-corrected chi connectivity index (χ2v) is 6.40. The molecule has 3 heteroatoms. The van der Waals surface area contributed by atoms with E-state index in [1.165, 1.54) is 12.8 Å². The standard InChI is InChI=1S/C20H24N2O/c1-16-11-13-22(14-12-16)19-10-6-5-9-18(19)21-20(23)15-17-7-3-2-4-8-17/h2-10,16H,11-15H2,1H3,(H,21,23). The molecular formula is C20H24N2O. The Morgan fingerprint density at radius 2 is 1.70 bits per heavy atom. The van der Waals surface area contributed by atoms with Gasteiger partial charge < -0.3 is 10.2 Å². The summed E-state index contributed by atoms with van der Waals surface area (Å²) in [5, 5.41) is 3.09. The van der Waals surface area contributed by atoms with Crippen molar-refractivity contribution < 1.29 is 4.79 Å². The summed E-state index contributed by atoms with van der Waals surface area (Å²) in [6.07, 6.45) is 2.84. The first-order chi connectivity index (χ1) is 11.2. The lowest BCUT2D eigenvalue weighted by atomic mass is 9.98. The molecule has 1 fully saturated rings. The van der Waals surface area contributed by atoms with Crippen LogP contribution < -0.4 is 10.2 Å². The van der Waals surface area contributed by atoms with E-state index in [9.17, 15) is 4.79 Å². The van der Waals surface area contributed by atoms with Crippen LogP contribution in [0.3, 0.4) is 0 Å². The normalized spacial score (nSPS) is 15.4. The Morgan fingerprint density at radius 3 is 2.43 bits per heavy atom. The van der Waals surface area contributed by atoms with Crippen molar-refractivity contribution in [3.8, 4) is 0 Å². The summed E-state index contributed by atoms with van der Waals surface area (Å²) in [6.45, 7) is 4.43. The molecule has 1 heterocycles. The lowest BCUT2D eigenvalue weighted by Gasteiger charge is -2.33. The van der Waals surface area contributed by atoms with E-state index in [1.807, 2.05) is 48.5 Å². The number of nitrogens with zero attached hydrogens (tertiary/aromatic N) is 1. The molecule has 1 aliphatic rings. The second-order valence-electron chi connectivity index (χ2n) is 6.40. The van der Waals surface area contributed by atoms with E-state index in [0.29, 0.717) is 6.42 Å². The highest BCUT2D eigenvalue weighted by molar-refractivity contribution is 5.95. The third-order valence-corrected chi connectivity index (χ3v) is 4.51. The molecule has 0 unspecified atom stereocenters. The molecule has 0 spiro atoms. The highest BCUT2D eigenvalue weighted by Gasteiger charge is 2.18. The summed E-state index contributed by atoms with van der Waals surface area (Å²) in [5.74, 6) is 0.833. The van der Waals surface area contributed by atoms with Gasteiger partial charge in [0.1, 0.15) is 0 Å². The van der Waals surface area contributed by atoms with Crippen molar-refractivity contribution in [2.75, 3.05) is 23.3 Å². The predicted molar refractivity (Wildman–Crippen MR) is 95.8 cm³/mol. The zero-order valence-electron chi connectivity index (χ0n) is 13.7. The largest absolute Gasteiger partial charge is 0.370 e. The third kappa shape index (κ3) is 4.13. The van der Waals surface area contributed by atoms with Gasteiger partial charge in [-0.3, -0.25) is 4.79 Å². The Balaban J connectivity index is 1.69. The van der Waals surface area contributed by atoms with Crippen molar-refractivity contribution in [3.63, 3.8) is 0 Å². The fourth-order valence-electron chi connectivity index (χ4n) is 3.08. The van der Waals surface area contributed by atoms with E-state index in [2.05, 4.69) is 23.2 Å². The third-order valence-electron chi connectivity index (χ3n) is 4.51. The molecule has 1 N–H and O–H groups in total. The minimum atomic E-state index is 0.0361. The Labute approximate surface area is 138 Å². The molecule has 2 aromatic carbocycles. The van der Waals surface area contributed by atoms with Crippen LogP contribution in [0.15, 0.2) is 54.6 Å². The van der Waals surface area contributed by atoms with Crippen LogP contribution in [0.4, 0.5) is 11.4 Å². The van der Waals surface area contributed by atoms with Crippen LogP contribution in [0.1, 0.15) is 25.3 Å². The fraction of sp³-hybridized carbons (Fsp3) is 0.350. The van der Waals surface area contributed by atoms with E-state index in [-0.39, 0.29) is 5.91 Å². The van der Waals surface area contributed by atoms with Crippen LogP contribution in [0.2, 0.25) is 0 Å². The van der Waals surface area contributed by atoms with Crippen molar-refractivity contribution >= 4 is 17.3 Å². The SMILES string of the molecule is CC1CCN(c2ccccc2NC(=O)Cc2ccccc2)CC1. The molecule has 1 amide bonds. The number of anilines is 2. The molecule has 1 aliphatic heterocycles. The number of rotatable bonds is 4. The molecule has 120 valence electrons. The zero-order chi connectivity index (χ0) is 16.1. The molecule has 23 heavy (non-hydrogen) atoms. The van der Waals surface area contributed by atoms with E-state index >= 15 is 0 Å². The van der Waals surface area contributed by atoms with Gasteiger partial charge in [0.25, 0.3) is 0 Å². The summed E-state index contributed by atoms with van der Waals surface area (Å²) in [5.41, 5.74) is 3.10. The van der Waals surface area contributed by atoms with Gasteiger partial charge in [-0.15, -0.1) is 0 Å². The lowest BCUT2D eigenvalue weighted by Crippen LogP contribution is -2.33. The smallest absolute Gasteiger partial charge is 0.228 e. The Bertz CT molecular complexity index is 646. The molecule has 2 aromatic rings. The number of amides is 1. The van der Waals surface area contributed by atoms with Crippen molar-refractivity contribution in [2.24, 2.45) is 5.92 Å². The number of para-hydroxylation sites is 2. The van der Waals surface area contributed by atoms with Gasteiger partial charge in [0.05, 0.1) is 17.8 Å². The highest BCUT2D eigenvalue weighted by Crippen LogP contribution is 2.29. The number of carbonyl (C=O) groups excluding carboxylic acids is 1. The Hall–Kier alpha value is -2.29. The van der Waals surface area contributed by atoms with Crippen LogP contribution >= 0.6 is 0 Å². The maximum absolute atomic E-state index is 12.3. The van der Waals surface area contributed by atoms with Gasteiger partial charge in [-0.05, 0) is 36.5 Å². The fourth-order valence-corrected chi connectivity index (χ4v) is 3.08. The van der Waals surface area contributed by atoms with E-state index in [0.717, 1.165) is 35.9 Å². The summed E-state index contributed by atoms with van der Waals surface area (Å²) in [6, 6.07) is 18.0. The molecule has 0 radical (unpaired) electrons. The van der Waals surface area contributed by atoms with Crippen LogP contribution in [-0.2, 0) is 11.2 Å². The molecule has 3 rings (SSSR count). The molecule has 0 saturated carbocycles. The van der Waals surface area contributed by atoms with Crippen molar-refractivity contribution in [3.05, 3.63) is 60.2 Å². The van der Waals surface area contributed by atoms with Crippen molar-refractivity contribution in [1.82, 2.24) is 0 Å². The minimum absolute atomic E-state index is 0.0361. The molecule has 0 atom stereocenters. The van der Waals surface area contributed by atoms with Crippen LogP contribution in [-0.4, -0.2) is 19.0 Å². The molecule has 0 aliphatic carbocycles. The molecule has 1 saturated heterocycles. The van der Waals surface area contributed by atoms with Gasteiger partial charge >= 0.3 is 0 Å². The first kappa shape index (κ1) is 15.6. The zero-order valence-corrected chi connectivity index (χ0v) is 13.7. The van der Waals surface area contributed by atoms with Crippen LogP contribution in [0.5, 0.6) is 0 Å². The number of hydrogen-bond acceptors (Lipinski definition) is 2. The summed E-state index contributed by atoms with van der Waals surface area (Å²) in [4.78, 5) is 14.7. The lowest BCUT2D eigenvalue weighted by molar-refractivity contribution is -0.115. The average molecular weight is 308 g/mol. The van der Waals surface area contributed by atoms with Gasteiger partial charge in [0.15, 0.2) is 0 Å². The van der Waals surface area contributed by atoms with Gasteiger partial charge in [0.2, 0.25) is 5.91 Å². The molecule has 0 aromatic heterocycles. The average Bonchev–Trinajstić information content (AvgIpc) is 2.57. The minimum Gasteiger partial charge on any atom is -0.370 e. The summed E-state index contributed by atoms with van der Waals surface area (Å²) in [7, 11) is 0. The second kappa shape index (κ2) is 7.32. The number of benzene rings is 2. The Kier molecular flexibility index (Phi) is 4.96. The predicted octanol–water partition coefficient (Wildman–Crippen LogP) is 4.10. The van der Waals surface area contributed by atoms with E-state index in [4.69, 9.17) is 0 Å². The van der Waals surface area contributed by atoms with Crippen LogP contribution in [0, 0.1) is 5.92 Å². The van der Waals surface area contributed by atoms with Crippen molar-refractivity contribution in [1.29, 1.82) is 0 Å². The van der Waals surface area contributed by atoms with Crippen molar-refractivity contribution in [2.45, 2.75) is 26.2 Å². The number of piperidine rings is 1. The Morgan fingerprint density at radius 1 is 1.04 bits per heavy atom. The number of carbonyl (C=O) groups is 1. The summed E-state index contributed by atoms with van der Waals surface area (Å²) < 4.78 is 0. The number of hydrogen-bond donors (Lipinski definition) is 1. The maximum Gasteiger partial charge on any atom is 0.228 e. The highest BCUT2D eigenvalue weighted by atomic mass is 16.1. The van der Waals surface area contributed by atoms with Gasteiger partial charge in [-0.2, -0.15) is 0 Å². The molecular weight excluding hydrogens is 284 g/mol. The van der Waals surface area contributed by atoms with Gasteiger partial charge in [0, 0.05) is 13.1 Å². The first-order valence-electron chi connectivity index (χ1n) is 8.40. The van der Waals surface area contributed by atoms with Gasteiger partial charge in [-0.1, -0.05) is 49.4 Å². The molecule has 3 nitrogen and oxygen atoms in total.